The summed E-state index contributed by atoms with van der Waals surface area (Å²) in [5, 5.41) is 7.52. The number of benzene rings is 1. The van der Waals surface area contributed by atoms with Gasteiger partial charge in [-0.3, -0.25) is 4.79 Å². The zero-order chi connectivity index (χ0) is 14.8. The van der Waals surface area contributed by atoms with E-state index in [9.17, 15) is 17.6 Å². The van der Waals surface area contributed by atoms with E-state index < -0.39 is 27.8 Å². The number of nitrogens with one attached hydrogen (secondary N) is 1. The highest BCUT2D eigenvalue weighted by molar-refractivity contribution is 7.89. The maximum atomic E-state index is 13.7. The standard InChI is InChI=1S/C11H16FN3O3S/c1-6(2)10(11(13)16)15-9-4-3-7(5-8(9)12)19(14,17)18/h3-6,10,15H,1-2H3,(H2,13,16)(H2,14,17,18). The Labute approximate surface area is 111 Å². The SMILES string of the molecule is CC(C)C(Nc1ccc(S(N)(=O)=O)cc1F)C(N)=O. The second kappa shape index (κ2) is 5.54. The predicted octanol–water partition coefficient (Wildman–Crippen LogP) is 0.395. The van der Waals surface area contributed by atoms with Crippen LogP contribution in [-0.4, -0.2) is 20.4 Å². The number of hydrogen-bond acceptors (Lipinski definition) is 4. The molecule has 1 atom stereocenters. The van der Waals surface area contributed by atoms with Gasteiger partial charge in [0.15, 0.2) is 0 Å². The molecular formula is C11H16FN3O3S. The van der Waals surface area contributed by atoms with Gasteiger partial charge in [0.1, 0.15) is 11.9 Å². The molecule has 0 heterocycles. The van der Waals surface area contributed by atoms with Crippen molar-refractivity contribution in [1.29, 1.82) is 0 Å². The van der Waals surface area contributed by atoms with Crippen molar-refractivity contribution in [2.45, 2.75) is 24.8 Å². The number of hydrogen-bond donors (Lipinski definition) is 3. The zero-order valence-corrected chi connectivity index (χ0v) is 11.4. The Balaban J connectivity index is 3.07. The monoisotopic (exact) mass is 289 g/mol. The Hall–Kier alpha value is -1.67. The molecule has 6 nitrogen and oxygen atoms in total. The lowest BCUT2D eigenvalue weighted by atomic mass is 10.0. The summed E-state index contributed by atoms with van der Waals surface area (Å²) >= 11 is 0. The van der Waals surface area contributed by atoms with Crippen molar-refractivity contribution in [3.8, 4) is 0 Å². The molecule has 0 aliphatic rings. The molecule has 0 aliphatic heterocycles. The number of primary sulfonamides is 1. The topological polar surface area (TPSA) is 115 Å². The molecule has 0 bridgehead atoms. The number of anilines is 1. The summed E-state index contributed by atoms with van der Waals surface area (Å²) < 4.78 is 35.8. The van der Waals surface area contributed by atoms with Gasteiger partial charge in [-0.25, -0.2) is 17.9 Å². The van der Waals surface area contributed by atoms with Crippen LogP contribution in [0.2, 0.25) is 0 Å². The summed E-state index contributed by atoms with van der Waals surface area (Å²) in [6.45, 7) is 3.50. The molecule has 106 valence electrons. The van der Waals surface area contributed by atoms with Gasteiger partial charge in [0.2, 0.25) is 15.9 Å². The van der Waals surface area contributed by atoms with Crippen LogP contribution in [0, 0.1) is 11.7 Å². The van der Waals surface area contributed by atoms with Crippen LogP contribution < -0.4 is 16.2 Å². The largest absolute Gasteiger partial charge is 0.371 e. The number of rotatable bonds is 5. The fraction of sp³-hybridized carbons (Fsp3) is 0.364. The Morgan fingerprint density at radius 3 is 2.32 bits per heavy atom. The molecule has 1 rings (SSSR count). The van der Waals surface area contributed by atoms with Crippen molar-refractivity contribution in [2.75, 3.05) is 5.32 Å². The van der Waals surface area contributed by atoms with E-state index in [1.165, 1.54) is 6.07 Å². The van der Waals surface area contributed by atoms with Crippen LogP contribution in [0.1, 0.15) is 13.8 Å². The van der Waals surface area contributed by atoms with Crippen molar-refractivity contribution < 1.29 is 17.6 Å². The summed E-state index contributed by atoms with van der Waals surface area (Å²) in [6, 6.07) is 2.39. The van der Waals surface area contributed by atoms with E-state index in [4.69, 9.17) is 10.9 Å². The molecule has 0 radical (unpaired) electrons. The molecule has 1 aromatic carbocycles. The van der Waals surface area contributed by atoms with Gasteiger partial charge in [-0.05, 0) is 24.1 Å². The summed E-state index contributed by atoms with van der Waals surface area (Å²) in [4.78, 5) is 10.9. The summed E-state index contributed by atoms with van der Waals surface area (Å²) in [6.07, 6.45) is 0. The molecular weight excluding hydrogens is 273 g/mol. The Morgan fingerprint density at radius 2 is 1.95 bits per heavy atom. The number of nitrogens with two attached hydrogens (primary N) is 2. The molecule has 0 aromatic heterocycles. The molecule has 1 unspecified atom stereocenters. The van der Waals surface area contributed by atoms with Crippen LogP contribution in [-0.2, 0) is 14.8 Å². The molecule has 0 aliphatic carbocycles. The number of halogens is 1. The number of sulfonamides is 1. The summed E-state index contributed by atoms with van der Waals surface area (Å²) in [7, 11) is -3.96. The Kier molecular flexibility index (Phi) is 4.48. The van der Waals surface area contributed by atoms with Gasteiger partial charge in [-0.2, -0.15) is 0 Å². The quantitative estimate of drug-likeness (QED) is 0.727. The molecule has 8 heteroatoms. The highest BCUT2D eigenvalue weighted by Gasteiger charge is 2.21. The van der Waals surface area contributed by atoms with Gasteiger partial charge >= 0.3 is 0 Å². The zero-order valence-electron chi connectivity index (χ0n) is 10.6. The number of primary amides is 1. The van der Waals surface area contributed by atoms with Crippen molar-refractivity contribution in [2.24, 2.45) is 16.8 Å². The molecule has 0 fully saturated rings. The minimum atomic E-state index is -3.96. The smallest absolute Gasteiger partial charge is 0.240 e. The van der Waals surface area contributed by atoms with Gasteiger partial charge in [-0.1, -0.05) is 13.8 Å². The fourth-order valence-electron chi connectivity index (χ4n) is 1.52. The van der Waals surface area contributed by atoms with E-state index in [0.717, 1.165) is 12.1 Å². The average molecular weight is 289 g/mol. The van der Waals surface area contributed by atoms with Gasteiger partial charge in [0, 0.05) is 0 Å². The highest BCUT2D eigenvalue weighted by Crippen LogP contribution is 2.20. The third kappa shape index (κ3) is 3.90. The van der Waals surface area contributed by atoms with Crippen molar-refractivity contribution in [1.82, 2.24) is 0 Å². The van der Waals surface area contributed by atoms with E-state index in [-0.39, 0.29) is 16.5 Å². The van der Waals surface area contributed by atoms with Crippen molar-refractivity contribution >= 4 is 21.6 Å². The highest BCUT2D eigenvalue weighted by atomic mass is 32.2. The first-order valence-corrected chi connectivity index (χ1v) is 7.05. The van der Waals surface area contributed by atoms with Crippen LogP contribution in [0.25, 0.3) is 0 Å². The fourth-order valence-corrected chi connectivity index (χ4v) is 2.05. The maximum absolute atomic E-state index is 13.7. The van der Waals surface area contributed by atoms with E-state index in [1.54, 1.807) is 13.8 Å². The second-order valence-electron chi connectivity index (χ2n) is 4.46. The minimum Gasteiger partial charge on any atom is -0.371 e. The molecule has 19 heavy (non-hydrogen) atoms. The molecule has 1 aromatic rings. The van der Waals surface area contributed by atoms with Crippen LogP contribution >= 0.6 is 0 Å². The molecule has 0 spiro atoms. The van der Waals surface area contributed by atoms with Gasteiger partial charge in [0.25, 0.3) is 0 Å². The van der Waals surface area contributed by atoms with E-state index in [2.05, 4.69) is 5.32 Å². The molecule has 0 saturated carbocycles. The maximum Gasteiger partial charge on any atom is 0.240 e. The first-order chi connectivity index (χ1) is 8.62. The number of amides is 1. The van der Waals surface area contributed by atoms with Gasteiger partial charge in [0.05, 0.1) is 10.6 Å². The van der Waals surface area contributed by atoms with Crippen LogP contribution in [0.3, 0.4) is 0 Å². The molecule has 5 N–H and O–H groups in total. The van der Waals surface area contributed by atoms with Crippen molar-refractivity contribution in [3.05, 3.63) is 24.0 Å². The minimum absolute atomic E-state index is 0.00935. The van der Waals surface area contributed by atoms with E-state index >= 15 is 0 Å². The number of carbonyl (C=O) groups is 1. The second-order valence-corrected chi connectivity index (χ2v) is 6.02. The molecule has 1 amide bonds. The lowest BCUT2D eigenvalue weighted by Crippen LogP contribution is -2.39. The predicted molar refractivity (Wildman–Crippen MR) is 69.2 cm³/mol. The van der Waals surface area contributed by atoms with E-state index in [1.807, 2.05) is 0 Å². The first-order valence-electron chi connectivity index (χ1n) is 5.51. The van der Waals surface area contributed by atoms with Crippen molar-refractivity contribution in [3.63, 3.8) is 0 Å². The summed E-state index contributed by atoms with van der Waals surface area (Å²) in [5.74, 6) is -1.59. The van der Waals surface area contributed by atoms with Crippen LogP contribution in [0.4, 0.5) is 10.1 Å². The summed E-state index contributed by atoms with van der Waals surface area (Å²) in [5.41, 5.74) is 5.19. The van der Waals surface area contributed by atoms with Gasteiger partial charge < -0.3 is 11.1 Å². The van der Waals surface area contributed by atoms with Crippen LogP contribution in [0.5, 0.6) is 0 Å². The lowest BCUT2D eigenvalue weighted by Gasteiger charge is -2.20. The Bertz CT molecular complexity index is 587. The van der Waals surface area contributed by atoms with E-state index in [0.29, 0.717) is 0 Å². The third-order valence-corrected chi connectivity index (χ3v) is 3.46. The lowest BCUT2D eigenvalue weighted by molar-refractivity contribution is -0.119. The molecule has 0 saturated heterocycles. The Morgan fingerprint density at radius 1 is 1.37 bits per heavy atom. The third-order valence-electron chi connectivity index (χ3n) is 2.55. The average Bonchev–Trinajstić information content (AvgIpc) is 2.24. The van der Waals surface area contributed by atoms with Crippen LogP contribution in [0.15, 0.2) is 23.1 Å². The first kappa shape index (κ1) is 15.4. The van der Waals surface area contributed by atoms with Gasteiger partial charge in [-0.15, -0.1) is 0 Å². The normalized spacial score (nSPS) is 13.3. The number of carbonyl (C=O) groups excluding carboxylic acids is 1.